The molecule has 0 heterocycles. The highest BCUT2D eigenvalue weighted by atomic mass is 16.7. The molecule has 0 saturated carbocycles. The maximum Gasteiger partial charge on any atom is 0.269 e. The maximum atomic E-state index is 11.5. The molecule has 3 nitrogen and oxygen atoms in total. The Labute approximate surface area is 135 Å². The minimum absolute atomic E-state index is 0.178. The van der Waals surface area contributed by atoms with E-state index in [1.165, 1.54) is 48.7 Å². The van der Waals surface area contributed by atoms with Gasteiger partial charge >= 0.3 is 0 Å². The first kappa shape index (κ1) is 18.4. The number of carbonyl (C=O) groups excluding carboxylic acids is 1. The zero-order valence-corrected chi connectivity index (χ0v) is 14.8. The van der Waals surface area contributed by atoms with E-state index >= 15 is 0 Å². The van der Waals surface area contributed by atoms with Gasteiger partial charge in [-0.2, -0.15) is 0 Å². The van der Waals surface area contributed by atoms with Crippen molar-refractivity contribution in [2.75, 3.05) is 14.2 Å². The van der Waals surface area contributed by atoms with Crippen molar-refractivity contribution in [1.82, 2.24) is 5.06 Å². The van der Waals surface area contributed by atoms with Gasteiger partial charge in [-0.1, -0.05) is 49.3 Å². The van der Waals surface area contributed by atoms with Crippen LogP contribution in [0.4, 0.5) is 0 Å². The summed E-state index contributed by atoms with van der Waals surface area (Å²) in [4.78, 5) is 16.4. The lowest BCUT2D eigenvalue weighted by atomic mass is 9.72. The van der Waals surface area contributed by atoms with Gasteiger partial charge < -0.3 is 0 Å². The predicted molar refractivity (Wildman–Crippen MR) is 92.1 cm³/mol. The number of amides is 1. The Balaban J connectivity index is 2.75. The summed E-state index contributed by atoms with van der Waals surface area (Å²) in [5, 5.41) is 1.19. The first-order chi connectivity index (χ1) is 10.3. The van der Waals surface area contributed by atoms with Crippen molar-refractivity contribution in [2.45, 2.75) is 47.0 Å². The molecular formula is C19H29NO2. The second-order valence-corrected chi connectivity index (χ2v) is 6.55. The molecule has 0 aromatic heterocycles. The Morgan fingerprint density at radius 1 is 1.32 bits per heavy atom. The number of carbonyl (C=O) groups is 1. The van der Waals surface area contributed by atoms with Crippen LogP contribution < -0.4 is 0 Å². The SMILES string of the molecule is CON(C)C(=O)/C=C/C=C(C)/C=C/C1=C(C)CCCC1(C)C. The molecule has 0 saturated heterocycles. The van der Waals surface area contributed by atoms with Crippen LogP contribution in [0.15, 0.2) is 47.1 Å². The summed E-state index contributed by atoms with van der Waals surface area (Å²) in [6.07, 6.45) is 13.3. The summed E-state index contributed by atoms with van der Waals surface area (Å²) in [5.41, 5.74) is 4.32. The van der Waals surface area contributed by atoms with E-state index in [1.54, 1.807) is 13.1 Å². The third-order valence-electron chi connectivity index (χ3n) is 4.24. The summed E-state index contributed by atoms with van der Waals surface area (Å²) in [6, 6.07) is 0. The van der Waals surface area contributed by atoms with Gasteiger partial charge in [0, 0.05) is 13.1 Å². The van der Waals surface area contributed by atoms with Crippen LogP contribution in [0.3, 0.4) is 0 Å². The van der Waals surface area contributed by atoms with Gasteiger partial charge in [0.1, 0.15) is 0 Å². The first-order valence-electron chi connectivity index (χ1n) is 7.83. The van der Waals surface area contributed by atoms with Crippen molar-refractivity contribution >= 4 is 5.91 Å². The zero-order valence-electron chi connectivity index (χ0n) is 14.8. The van der Waals surface area contributed by atoms with Gasteiger partial charge in [0.2, 0.25) is 0 Å². The van der Waals surface area contributed by atoms with E-state index in [2.05, 4.69) is 32.9 Å². The Bertz CT molecular complexity index is 522. The third-order valence-corrected chi connectivity index (χ3v) is 4.24. The van der Waals surface area contributed by atoms with Gasteiger partial charge in [0.05, 0.1) is 7.11 Å². The molecule has 0 bridgehead atoms. The third kappa shape index (κ3) is 5.30. The summed E-state index contributed by atoms with van der Waals surface area (Å²) < 4.78 is 0. The maximum absolute atomic E-state index is 11.5. The Morgan fingerprint density at radius 2 is 2.00 bits per heavy atom. The number of hydrogen-bond acceptors (Lipinski definition) is 2. The Morgan fingerprint density at radius 3 is 2.59 bits per heavy atom. The molecule has 1 aliphatic carbocycles. The van der Waals surface area contributed by atoms with Crippen molar-refractivity contribution in [3.05, 3.63) is 47.1 Å². The van der Waals surface area contributed by atoms with Crippen molar-refractivity contribution < 1.29 is 9.63 Å². The fourth-order valence-electron chi connectivity index (χ4n) is 2.76. The highest BCUT2D eigenvalue weighted by Crippen LogP contribution is 2.40. The van der Waals surface area contributed by atoms with Gasteiger partial charge in [0.25, 0.3) is 5.91 Å². The number of rotatable bonds is 5. The average molecular weight is 303 g/mol. The zero-order chi connectivity index (χ0) is 16.8. The lowest BCUT2D eigenvalue weighted by Crippen LogP contribution is -2.22. The van der Waals surface area contributed by atoms with Gasteiger partial charge in [-0.3, -0.25) is 9.63 Å². The minimum Gasteiger partial charge on any atom is -0.274 e. The van der Waals surface area contributed by atoms with Crippen LogP contribution in [0, 0.1) is 5.41 Å². The number of likely N-dealkylation sites (N-methyl/N-ethyl adjacent to an activating group) is 1. The van der Waals surface area contributed by atoms with E-state index in [-0.39, 0.29) is 11.3 Å². The van der Waals surface area contributed by atoms with Crippen LogP contribution in [0.5, 0.6) is 0 Å². The van der Waals surface area contributed by atoms with Crippen LogP contribution in [-0.4, -0.2) is 25.1 Å². The van der Waals surface area contributed by atoms with Crippen LogP contribution in [0.25, 0.3) is 0 Å². The number of hydrogen-bond donors (Lipinski definition) is 0. The van der Waals surface area contributed by atoms with E-state index in [1.807, 2.05) is 13.0 Å². The summed E-state index contributed by atoms with van der Waals surface area (Å²) in [5.74, 6) is -0.178. The standard InChI is InChI=1S/C19H29NO2/c1-15(9-7-11-18(21)20(5)22-6)12-13-17-16(2)10-8-14-19(17,3)4/h7,9,11-13H,8,10,14H2,1-6H3/b11-7+,13-12+,15-9+. The van der Waals surface area contributed by atoms with E-state index in [0.717, 1.165) is 5.57 Å². The summed E-state index contributed by atoms with van der Waals surface area (Å²) in [7, 11) is 3.06. The smallest absolute Gasteiger partial charge is 0.269 e. The number of nitrogens with zero attached hydrogens (tertiary/aromatic N) is 1. The summed E-state index contributed by atoms with van der Waals surface area (Å²) >= 11 is 0. The van der Waals surface area contributed by atoms with Crippen molar-refractivity contribution in [1.29, 1.82) is 0 Å². The topological polar surface area (TPSA) is 29.5 Å². The molecule has 0 aromatic rings. The highest BCUT2D eigenvalue weighted by Gasteiger charge is 2.26. The minimum atomic E-state index is -0.178. The molecule has 0 atom stereocenters. The van der Waals surface area contributed by atoms with Crippen molar-refractivity contribution in [3.8, 4) is 0 Å². The van der Waals surface area contributed by atoms with Gasteiger partial charge in [-0.25, -0.2) is 5.06 Å². The van der Waals surface area contributed by atoms with Crippen LogP contribution in [0.2, 0.25) is 0 Å². The lowest BCUT2D eigenvalue weighted by molar-refractivity contribution is -0.162. The molecule has 0 aromatic carbocycles. The second-order valence-electron chi connectivity index (χ2n) is 6.55. The molecule has 122 valence electrons. The average Bonchev–Trinajstić information content (AvgIpc) is 2.45. The fourth-order valence-corrected chi connectivity index (χ4v) is 2.76. The van der Waals surface area contributed by atoms with Crippen LogP contribution in [0.1, 0.15) is 47.0 Å². The molecule has 0 aliphatic heterocycles. The number of allylic oxidation sites excluding steroid dienone is 7. The largest absolute Gasteiger partial charge is 0.274 e. The molecule has 0 fully saturated rings. The normalized spacial score (nSPS) is 19.3. The molecule has 0 N–H and O–H groups in total. The van der Waals surface area contributed by atoms with E-state index < -0.39 is 0 Å². The molecule has 0 unspecified atom stereocenters. The molecule has 3 heteroatoms. The molecule has 0 radical (unpaired) electrons. The summed E-state index contributed by atoms with van der Waals surface area (Å²) in [6.45, 7) is 8.90. The van der Waals surface area contributed by atoms with Gasteiger partial charge in [-0.05, 0) is 44.1 Å². The van der Waals surface area contributed by atoms with E-state index in [4.69, 9.17) is 4.84 Å². The Kier molecular flexibility index (Phi) is 6.82. The molecule has 1 aliphatic rings. The lowest BCUT2D eigenvalue weighted by Gasteiger charge is -2.32. The highest BCUT2D eigenvalue weighted by molar-refractivity contribution is 5.86. The molecule has 1 rings (SSSR count). The quantitative estimate of drug-likeness (QED) is 0.422. The number of hydroxylamine groups is 2. The molecule has 1 amide bonds. The van der Waals surface area contributed by atoms with E-state index in [9.17, 15) is 4.79 Å². The molecular weight excluding hydrogens is 274 g/mol. The van der Waals surface area contributed by atoms with Gasteiger partial charge in [-0.15, -0.1) is 0 Å². The predicted octanol–water partition coefficient (Wildman–Crippen LogP) is 4.59. The Hall–Kier alpha value is -1.61. The van der Waals surface area contributed by atoms with Crippen LogP contribution >= 0.6 is 0 Å². The van der Waals surface area contributed by atoms with E-state index in [0.29, 0.717) is 0 Å². The van der Waals surface area contributed by atoms with Crippen molar-refractivity contribution in [2.24, 2.45) is 5.41 Å². The van der Waals surface area contributed by atoms with Gasteiger partial charge in [0.15, 0.2) is 0 Å². The monoisotopic (exact) mass is 303 g/mol. The molecule has 22 heavy (non-hydrogen) atoms. The van der Waals surface area contributed by atoms with Crippen molar-refractivity contribution in [3.63, 3.8) is 0 Å². The first-order valence-corrected chi connectivity index (χ1v) is 7.83. The second kappa shape index (κ2) is 8.14. The fraction of sp³-hybridized carbons (Fsp3) is 0.526. The van der Waals surface area contributed by atoms with Crippen LogP contribution in [-0.2, 0) is 9.63 Å². The molecule has 0 spiro atoms.